The third-order valence-electron chi connectivity index (χ3n) is 2.53. The first-order valence-electron chi connectivity index (χ1n) is 5.02. The van der Waals surface area contributed by atoms with Gasteiger partial charge in [0.05, 0.1) is 3.79 Å². The maximum Gasteiger partial charge on any atom is 0.0701 e. The van der Waals surface area contributed by atoms with Crippen LogP contribution in [0.1, 0.15) is 38.6 Å². The molecule has 1 N–H and O–H groups in total. The minimum atomic E-state index is 0.448. The molecule has 1 aromatic heterocycles. The number of thiophene rings is 1. The van der Waals surface area contributed by atoms with Crippen molar-refractivity contribution in [3.63, 3.8) is 0 Å². The molecule has 2 atom stereocenters. The Labute approximate surface area is 99.0 Å². The molecule has 0 bridgehead atoms. The SMILES string of the molecule is CC(C)[C@H](C)N[C@@H](C)c1ccc(Br)s1. The van der Waals surface area contributed by atoms with Crippen LogP contribution in [-0.2, 0) is 0 Å². The molecule has 0 unspecified atom stereocenters. The van der Waals surface area contributed by atoms with E-state index in [9.17, 15) is 0 Å². The van der Waals surface area contributed by atoms with Crippen LogP contribution in [0.2, 0.25) is 0 Å². The Morgan fingerprint density at radius 3 is 2.29 bits per heavy atom. The first-order chi connectivity index (χ1) is 6.50. The largest absolute Gasteiger partial charge is 0.307 e. The van der Waals surface area contributed by atoms with E-state index in [4.69, 9.17) is 0 Å². The molecule has 0 aliphatic rings. The van der Waals surface area contributed by atoms with Crippen molar-refractivity contribution in [1.29, 1.82) is 0 Å². The molecule has 1 nitrogen and oxygen atoms in total. The molecule has 3 heteroatoms. The van der Waals surface area contributed by atoms with Crippen molar-refractivity contribution in [3.05, 3.63) is 20.8 Å². The normalized spacial score (nSPS) is 15.9. The number of halogens is 1. The maximum atomic E-state index is 3.60. The van der Waals surface area contributed by atoms with Crippen LogP contribution >= 0.6 is 27.3 Å². The highest BCUT2D eigenvalue weighted by molar-refractivity contribution is 9.11. The molecule has 80 valence electrons. The van der Waals surface area contributed by atoms with Gasteiger partial charge in [-0.3, -0.25) is 0 Å². The highest BCUT2D eigenvalue weighted by Crippen LogP contribution is 2.27. The number of hydrogen-bond donors (Lipinski definition) is 1. The Kier molecular flexibility index (Phi) is 4.61. The molecule has 0 radical (unpaired) electrons. The van der Waals surface area contributed by atoms with E-state index in [0.29, 0.717) is 18.0 Å². The van der Waals surface area contributed by atoms with E-state index in [-0.39, 0.29) is 0 Å². The van der Waals surface area contributed by atoms with Gasteiger partial charge >= 0.3 is 0 Å². The van der Waals surface area contributed by atoms with Crippen LogP contribution in [0.3, 0.4) is 0 Å². The summed E-state index contributed by atoms with van der Waals surface area (Å²) < 4.78 is 1.21. The van der Waals surface area contributed by atoms with Crippen molar-refractivity contribution in [2.45, 2.75) is 39.8 Å². The van der Waals surface area contributed by atoms with Gasteiger partial charge in [-0.1, -0.05) is 13.8 Å². The fourth-order valence-electron chi connectivity index (χ4n) is 1.23. The predicted octanol–water partition coefficient (Wildman–Crippen LogP) is 4.21. The topological polar surface area (TPSA) is 12.0 Å². The summed E-state index contributed by atoms with van der Waals surface area (Å²) in [5.41, 5.74) is 0. The zero-order chi connectivity index (χ0) is 10.7. The van der Waals surface area contributed by atoms with Gasteiger partial charge in [0.15, 0.2) is 0 Å². The smallest absolute Gasteiger partial charge is 0.0701 e. The van der Waals surface area contributed by atoms with Gasteiger partial charge in [-0.15, -0.1) is 11.3 Å². The van der Waals surface area contributed by atoms with Gasteiger partial charge in [-0.25, -0.2) is 0 Å². The molecule has 0 aliphatic heterocycles. The second-order valence-corrected chi connectivity index (χ2v) is 6.56. The van der Waals surface area contributed by atoms with Gasteiger partial charge in [0.25, 0.3) is 0 Å². The zero-order valence-corrected chi connectivity index (χ0v) is 11.6. The standard InChI is InChI=1S/C11H18BrNS/c1-7(2)8(3)13-9(4)10-5-6-11(12)14-10/h5-9,13H,1-4H3/t8-,9-/m0/s1. The molecular formula is C11H18BrNS. The first-order valence-corrected chi connectivity index (χ1v) is 6.63. The van der Waals surface area contributed by atoms with Crippen LogP contribution in [0.5, 0.6) is 0 Å². The van der Waals surface area contributed by atoms with Crippen molar-refractivity contribution in [1.82, 2.24) is 5.32 Å². The molecule has 1 rings (SSSR count). The van der Waals surface area contributed by atoms with E-state index < -0.39 is 0 Å². The summed E-state index contributed by atoms with van der Waals surface area (Å²) in [4.78, 5) is 1.39. The molecule has 0 fully saturated rings. The van der Waals surface area contributed by atoms with Crippen LogP contribution in [0.15, 0.2) is 15.9 Å². The Balaban J connectivity index is 2.54. The quantitative estimate of drug-likeness (QED) is 0.868. The average molecular weight is 276 g/mol. The van der Waals surface area contributed by atoms with Gasteiger partial charge in [-0.2, -0.15) is 0 Å². The lowest BCUT2D eigenvalue weighted by molar-refractivity contribution is 0.391. The Morgan fingerprint density at radius 2 is 1.86 bits per heavy atom. The van der Waals surface area contributed by atoms with Crippen molar-refractivity contribution >= 4 is 27.3 Å². The van der Waals surface area contributed by atoms with Crippen LogP contribution < -0.4 is 5.32 Å². The summed E-state index contributed by atoms with van der Waals surface area (Å²) in [7, 11) is 0. The molecule has 0 saturated carbocycles. The van der Waals surface area contributed by atoms with Crippen molar-refractivity contribution < 1.29 is 0 Å². The molecule has 0 aliphatic carbocycles. The van der Waals surface area contributed by atoms with E-state index in [1.165, 1.54) is 8.66 Å². The van der Waals surface area contributed by atoms with Gasteiger partial charge < -0.3 is 5.32 Å². The Hall–Kier alpha value is 0.140. The maximum absolute atomic E-state index is 3.60. The number of nitrogens with one attached hydrogen (secondary N) is 1. The summed E-state index contributed by atoms with van der Waals surface area (Å²) in [5, 5.41) is 3.60. The van der Waals surface area contributed by atoms with Crippen LogP contribution in [0.4, 0.5) is 0 Å². The van der Waals surface area contributed by atoms with Crippen molar-refractivity contribution in [2.24, 2.45) is 5.92 Å². The third-order valence-corrected chi connectivity index (χ3v) is 4.34. The number of rotatable bonds is 4. The fraction of sp³-hybridized carbons (Fsp3) is 0.636. The van der Waals surface area contributed by atoms with Crippen LogP contribution in [0.25, 0.3) is 0 Å². The minimum absolute atomic E-state index is 0.448. The molecule has 0 saturated heterocycles. The van der Waals surface area contributed by atoms with E-state index in [1.54, 1.807) is 11.3 Å². The van der Waals surface area contributed by atoms with E-state index in [0.717, 1.165) is 0 Å². The number of hydrogen-bond acceptors (Lipinski definition) is 2. The lowest BCUT2D eigenvalue weighted by Crippen LogP contribution is -2.32. The van der Waals surface area contributed by atoms with E-state index in [1.807, 2.05) is 0 Å². The highest BCUT2D eigenvalue weighted by Gasteiger charge is 2.13. The van der Waals surface area contributed by atoms with Gasteiger partial charge in [0, 0.05) is 17.0 Å². The summed E-state index contributed by atoms with van der Waals surface area (Å²) in [6.07, 6.45) is 0. The molecule has 1 heterocycles. The lowest BCUT2D eigenvalue weighted by Gasteiger charge is -2.22. The second-order valence-electron chi connectivity index (χ2n) is 4.06. The molecule has 0 spiro atoms. The van der Waals surface area contributed by atoms with Crippen molar-refractivity contribution in [2.75, 3.05) is 0 Å². The predicted molar refractivity (Wildman–Crippen MR) is 67.9 cm³/mol. The zero-order valence-electron chi connectivity index (χ0n) is 9.17. The highest BCUT2D eigenvalue weighted by atomic mass is 79.9. The first kappa shape index (κ1) is 12.2. The lowest BCUT2D eigenvalue weighted by atomic mass is 10.1. The summed E-state index contributed by atoms with van der Waals surface area (Å²) in [5.74, 6) is 0.681. The molecule has 1 aromatic rings. The Bertz CT molecular complexity index is 283. The average Bonchev–Trinajstić information content (AvgIpc) is 2.51. The molecule has 0 aromatic carbocycles. The van der Waals surface area contributed by atoms with Crippen molar-refractivity contribution in [3.8, 4) is 0 Å². The summed E-state index contributed by atoms with van der Waals surface area (Å²) >= 11 is 5.29. The molecular weight excluding hydrogens is 258 g/mol. The van der Waals surface area contributed by atoms with E-state index >= 15 is 0 Å². The Morgan fingerprint density at radius 1 is 1.21 bits per heavy atom. The summed E-state index contributed by atoms with van der Waals surface area (Å²) in [6, 6.07) is 5.30. The minimum Gasteiger partial charge on any atom is -0.307 e. The molecule has 0 amide bonds. The van der Waals surface area contributed by atoms with Crippen LogP contribution in [0, 0.1) is 5.92 Å². The van der Waals surface area contributed by atoms with E-state index in [2.05, 4.69) is 61.1 Å². The van der Waals surface area contributed by atoms with Gasteiger partial charge in [0.2, 0.25) is 0 Å². The monoisotopic (exact) mass is 275 g/mol. The van der Waals surface area contributed by atoms with Gasteiger partial charge in [0.1, 0.15) is 0 Å². The van der Waals surface area contributed by atoms with Gasteiger partial charge in [-0.05, 0) is 47.8 Å². The second kappa shape index (κ2) is 5.29. The molecule has 14 heavy (non-hydrogen) atoms. The third kappa shape index (κ3) is 3.37. The summed E-state index contributed by atoms with van der Waals surface area (Å²) in [6.45, 7) is 8.95. The van der Waals surface area contributed by atoms with Crippen LogP contribution in [-0.4, -0.2) is 6.04 Å². The fourth-order valence-corrected chi connectivity index (χ4v) is 2.66.